The van der Waals surface area contributed by atoms with E-state index in [0.29, 0.717) is 51.3 Å². The van der Waals surface area contributed by atoms with Gasteiger partial charge < -0.3 is 9.80 Å². The lowest BCUT2D eigenvalue weighted by Crippen LogP contribution is -2.54. The Balaban J connectivity index is 1.45. The van der Waals surface area contributed by atoms with Crippen LogP contribution in [0.2, 0.25) is 0 Å². The maximum absolute atomic E-state index is 14.0. The molecule has 2 aliphatic rings. The number of hydrogen-bond acceptors (Lipinski definition) is 4. The number of halogens is 2. The summed E-state index contributed by atoms with van der Waals surface area (Å²) in [5.74, 6) is -0.443. The predicted molar refractivity (Wildman–Crippen MR) is 116 cm³/mol. The van der Waals surface area contributed by atoms with Gasteiger partial charge in [-0.05, 0) is 49.2 Å². The minimum Gasteiger partial charge on any atom is -0.366 e. The van der Waals surface area contributed by atoms with Crippen LogP contribution in [0.25, 0.3) is 0 Å². The largest absolute Gasteiger partial charge is 0.366 e. The molecule has 1 atom stereocenters. The number of sulfonamides is 1. The highest BCUT2D eigenvalue weighted by Gasteiger charge is 2.41. The minimum absolute atomic E-state index is 0.165. The van der Waals surface area contributed by atoms with Gasteiger partial charge in [0, 0.05) is 37.2 Å². The SMILES string of the molecule is O=C(C1CCCN1S(=O)(=O)c1ccc(Br)cc1)N1CCN(c2ccccc2F)CC1. The quantitative estimate of drug-likeness (QED) is 0.653. The molecule has 2 aromatic rings. The topological polar surface area (TPSA) is 60.9 Å². The number of carbonyl (C=O) groups excluding carboxylic acids is 1. The van der Waals surface area contributed by atoms with E-state index in [-0.39, 0.29) is 16.6 Å². The molecule has 1 amide bonds. The number of anilines is 1. The van der Waals surface area contributed by atoms with E-state index < -0.39 is 16.1 Å². The van der Waals surface area contributed by atoms with Crippen LogP contribution >= 0.6 is 15.9 Å². The highest BCUT2D eigenvalue weighted by Crippen LogP contribution is 2.29. The van der Waals surface area contributed by atoms with Crippen molar-refractivity contribution in [2.45, 2.75) is 23.8 Å². The van der Waals surface area contributed by atoms with Crippen molar-refractivity contribution in [2.75, 3.05) is 37.6 Å². The molecule has 0 saturated carbocycles. The summed E-state index contributed by atoms with van der Waals surface area (Å²) < 4.78 is 42.4. The second-order valence-electron chi connectivity index (χ2n) is 7.49. The Labute approximate surface area is 184 Å². The molecule has 9 heteroatoms. The van der Waals surface area contributed by atoms with Gasteiger partial charge in [-0.1, -0.05) is 28.1 Å². The molecule has 2 heterocycles. The Morgan fingerprint density at radius 1 is 0.967 bits per heavy atom. The summed E-state index contributed by atoms with van der Waals surface area (Å²) in [6.45, 7) is 2.24. The molecule has 1 unspecified atom stereocenters. The molecule has 0 aliphatic carbocycles. The molecule has 2 saturated heterocycles. The van der Waals surface area contributed by atoms with Gasteiger partial charge in [0.2, 0.25) is 15.9 Å². The number of hydrogen-bond donors (Lipinski definition) is 0. The third kappa shape index (κ3) is 4.10. The molecule has 0 spiro atoms. The summed E-state index contributed by atoms with van der Waals surface area (Å²) >= 11 is 3.31. The fourth-order valence-electron chi connectivity index (χ4n) is 4.10. The van der Waals surface area contributed by atoms with E-state index in [1.165, 1.54) is 10.4 Å². The highest BCUT2D eigenvalue weighted by molar-refractivity contribution is 9.10. The summed E-state index contributed by atoms with van der Waals surface area (Å²) in [4.78, 5) is 17.0. The van der Waals surface area contributed by atoms with Crippen LogP contribution < -0.4 is 4.90 Å². The summed E-state index contributed by atoms with van der Waals surface area (Å²) in [5.41, 5.74) is 0.532. The third-order valence-electron chi connectivity index (χ3n) is 5.69. The molecule has 0 radical (unpaired) electrons. The van der Waals surface area contributed by atoms with Crippen molar-refractivity contribution in [1.82, 2.24) is 9.21 Å². The maximum atomic E-state index is 14.0. The molecule has 2 aliphatic heterocycles. The molecular weight excluding hydrogens is 473 g/mol. The number of carbonyl (C=O) groups is 1. The van der Waals surface area contributed by atoms with E-state index in [2.05, 4.69) is 15.9 Å². The Hall–Kier alpha value is -1.97. The molecule has 30 heavy (non-hydrogen) atoms. The van der Waals surface area contributed by atoms with Crippen molar-refractivity contribution in [3.8, 4) is 0 Å². The van der Waals surface area contributed by atoms with Crippen LogP contribution in [0.15, 0.2) is 57.9 Å². The van der Waals surface area contributed by atoms with Crippen molar-refractivity contribution >= 4 is 37.5 Å². The molecule has 6 nitrogen and oxygen atoms in total. The van der Waals surface area contributed by atoms with E-state index >= 15 is 0 Å². The summed E-state index contributed by atoms with van der Waals surface area (Å²) in [7, 11) is -3.74. The fraction of sp³-hybridized carbons (Fsp3) is 0.381. The van der Waals surface area contributed by atoms with Gasteiger partial charge in [0.15, 0.2) is 0 Å². The van der Waals surface area contributed by atoms with Crippen molar-refractivity contribution in [1.29, 1.82) is 0 Å². The molecule has 2 fully saturated rings. The van der Waals surface area contributed by atoms with Crippen molar-refractivity contribution in [2.24, 2.45) is 0 Å². The van der Waals surface area contributed by atoms with E-state index in [0.717, 1.165) is 4.47 Å². The summed E-state index contributed by atoms with van der Waals surface area (Å²) in [5, 5.41) is 0. The van der Waals surface area contributed by atoms with Gasteiger partial charge in [0.05, 0.1) is 10.6 Å². The van der Waals surface area contributed by atoms with Crippen LogP contribution in [0.5, 0.6) is 0 Å². The first kappa shape index (κ1) is 21.3. The van der Waals surface area contributed by atoms with Crippen molar-refractivity contribution in [3.05, 3.63) is 58.8 Å². The molecule has 0 N–H and O–H groups in total. The Morgan fingerprint density at radius 3 is 2.30 bits per heavy atom. The zero-order chi connectivity index (χ0) is 21.3. The molecule has 4 rings (SSSR count). The maximum Gasteiger partial charge on any atom is 0.243 e. The Morgan fingerprint density at radius 2 is 1.63 bits per heavy atom. The van der Waals surface area contributed by atoms with Crippen LogP contribution in [0, 0.1) is 5.82 Å². The lowest BCUT2D eigenvalue weighted by Gasteiger charge is -2.38. The smallest absolute Gasteiger partial charge is 0.243 e. The summed E-state index contributed by atoms with van der Waals surface area (Å²) in [6.07, 6.45) is 1.17. The minimum atomic E-state index is -3.74. The van der Waals surface area contributed by atoms with Crippen LogP contribution in [0.1, 0.15) is 12.8 Å². The molecule has 0 bridgehead atoms. The Bertz CT molecular complexity index is 1020. The normalized spacial score (nSPS) is 20.5. The Kier molecular flexibility index (Phi) is 6.13. The van der Waals surface area contributed by atoms with E-state index in [1.807, 2.05) is 4.90 Å². The van der Waals surface area contributed by atoms with Crippen LogP contribution in [-0.2, 0) is 14.8 Å². The lowest BCUT2D eigenvalue weighted by molar-refractivity contribution is -0.134. The van der Waals surface area contributed by atoms with Gasteiger partial charge in [-0.25, -0.2) is 12.8 Å². The second kappa shape index (κ2) is 8.64. The van der Waals surface area contributed by atoms with Crippen LogP contribution in [-0.4, -0.2) is 62.3 Å². The molecular formula is C21H23BrFN3O3S. The highest BCUT2D eigenvalue weighted by atomic mass is 79.9. The molecule has 160 valence electrons. The van der Waals surface area contributed by atoms with Crippen molar-refractivity contribution < 1.29 is 17.6 Å². The van der Waals surface area contributed by atoms with Gasteiger partial charge in [0.25, 0.3) is 0 Å². The van der Waals surface area contributed by atoms with Gasteiger partial charge in [-0.2, -0.15) is 4.31 Å². The third-order valence-corrected chi connectivity index (χ3v) is 8.14. The zero-order valence-corrected chi connectivity index (χ0v) is 18.8. The van der Waals surface area contributed by atoms with Crippen molar-refractivity contribution in [3.63, 3.8) is 0 Å². The second-order valence-corrected chi connectivity index (χ2v) is 10.3. The fourth-order valence-corrected chi connectivity index (χ4v) is 6.02. The first-order chi connectivity index (χ1) is 14.4. The monoisotopic (exact) mass is 495 g/mol. The number of benzene rings is 2. The van der Waals surface area contributed by atoms with Gasteiger partial charge in [0.1, 0.15) is 11.9 Å². The number of para-hydroxylation sites is 1. The molecule has 2 aromatic carbocycles. The average Bonchev–Trinajstić information content (AvgIpc) is 3.25. The first-order valence-corrected chi connectivity index (χ1v) is 12.2. The average molecular weight is 496 g/mol. The van der Waals surface area contributed by atoms with E-state index in [4.69, 9.17) is 0 Å². The van der Waals surface area contributed by atoms with Gasteiger partial charge >= 0.3 is 0 Å². The number of amides is 1. The predicted octanol–water partition coefficient (Wildman–Crippen LogP) is 3.09. The van der Waals surface area contributed by atoms with Crippen LogP contribution in [0.4, 0.5) is 10.1 Å². The van der Waals surface area contributed by atoms with Gasteiger partial charge in [-0.3, -0.25) is 4.79 Å². The zero-order valence-electron chi connectivity index (χ0n) is 16.4. The van der Waals surface area contributed by atoms with E-state index in [9.17, 15) is 17.6 Å². The van der Waals surface area contributed by atoms with E-state index in [1.54, 1.807) is 47.4 Å². The first-order valence-electron chi connectivity index (χ1n) is 9.93. The van der Waals surface area contributed by atoms with Gasteiger partial charge in [-0.15, -0.1) is 0 Å². The standard InChI is InChI=1S/C21H23BrFN3O3S/c22-16-7-9-17(10-8-16)30(28,29)26-11-3-6-20(26)21(27)25-14-12-24(13-15-25)19-5-2-1-4-18(19)23/h1-2,4-5,7-10,20H,3,6,11-15H2. The molecule has 0 aromatic heterocycles. The number of rotatable bonds is 4. The lowest BCUT2D eigenvalue weighted by atomic mass is 10.1. The summed E-state index contributed by atoms with van der Waals surface area (Å²) in [6, 6.07) is 12.4. The number of piperazine rings is 1. The van der Waals surface area contributed by atoms with Crippen LogP contribution in [0.3, 0.4) is 0 Å². The number of nitrogens with zero attached hydrogens (tertiary/aromatic N) is 3.